The lowest BCUT2D eigenvalue weighted by Gasteiger charge is -2.29. The number of hydrogen-bond acceptors (Lipinski definition) is 2. The van der Waals surface area contributed by atoms with Crippen molar-refractivity contribution in [1.29, 1.82) is 0 Å². The van der Waals surface area contributed by atoms with Crippen LogP contribution < -0.4 is 10.1 Å². The summed E-state index contributed by atoms with van der Waals surface area (Å²) < 4.78 is 5.36. The molecule has 0 heterocycles. The fourth-order valence-corrected chi connectivity index (χ4v) is 3.12. The molecule has 18 heavy (non-hydrogen) atoms. The van der Waals surface area contributed by atoms with E-state index >= 15 is 0 Å². The Kier molecular flexibility index (Phi) is 3.37. The van der Waals surface area contributed by atoms with Gasteiger partial charge < -0.3 is 10.1 Å². The third-order valence-corrected chi connectivity index (χ3v) is 4.11. The summed E-state index contributed by atoms with van der Waals surface area (Å²) in [6.07, 6.45) is 10.7. The van der Waals surface area contributed by atoms with Gasteiger partial charge in [-0.3, -0.25) is 0 Å². The van der Waals surface area contributed by atoms with Crippen LogP contribution in [0, 0.1) is 0 Å². The molecule has 0 aliphatic heterocycles. The number of ether oxygens (including phenoxy) is 1. The Morgan fingerprint density at radius 2 is 2.06 bits per heavy atom. The van der Waals surface area contributed by atoms with Crippen molar-refractivity contribution in [2.24, 2.45) is 0 Å². The van der Waals surface area contributed by atoms with Gasteiger partial charge >= 0.3 is 0 Å². The summed E-state index contributed by atoms with van der Waals surface area (Å²) in [5.74, 6) is 0.979. The third-order valence-electron chi connectivity index (χ3n) is 4.11. The fraction of sp³-hybridized carbons (Fsp3) is 0.500. The Hall–Kier alpha value is -1.28. The number of aryl methyl sites for hydroxylation is 1. The average Bonchev–Trinajstić information content (AvgIpc) is 2.91. The highest BCUT2D eigenvalue weighted by atomic mass is 16.5. The van der Waals surface area contributed by atoms with Crippen LogP contribution in [0.15, 0.2) is 30.4 Å². The van der Waals surface area contributed by atoms with Gasteiger partial charge in [-0.25, -0.2) is 0 Å². The number of rotatable bonds is 3. The molecular formula is C16H21NO. The molecule has 0 saturated heterocycles. The maximum Gasteiger partial charge on any atom is 0.119 e. The maximum absolute atomic E-state index is 5.36. The van der Waals surface area contributed by atoms with Crippen LogP contribution >= 0.6 is 0 Å². The molecule has 2 aliphatic carbocycles. The molecule has 0 amide bonds. The van der Waals surface area contributed by atoms with Gasteiger partial charge in [-0.05, 0) is 55.4 Å². The van der Waals surface area contributed by atoms with Gasteiger partial charge in [-0.1, -0.05) is 18.2 Å². The van der Waals surface area contributed by atoms with E-state index in [0.29, 0.717) is 12.1 Å². The molecule has 0 saturated carbocycles. The van der Waals surface area contributed by atoms with E-state index in [-0.39, 0.29) is 0 Å². The van der Waals surface area contributed by atoms with Gasteiger partial charge in [0.2, 0.25) is 0 Å². The highest BCUT2D eigenvalue weighted by Crippen LogP contribution is 2.33. The van der Waals surface area contributed by atoms with Crippen molar-refractivity contribution in [2.45, 2.75) is 44.2 Å². The minimum Gasteiger partial charge on any atom is -0.497 e. The van der Waals surface area contributed by atoms with Crippen LogP contribution in [0.2, 0.25) is 0 Å². The van der Waals surface area contributed by atoms with E-state index < -0.39 is 0 Å². The Morgan fingerprint density at radius 3 is 2.83 bits per heavy atom. The predicted octanol–water partition coefficient (Wildman–Crippen LogP) is 3.38. The van der Waals surface area contributed by atoms with Crippen LogP contribution in [0.1, 0.15) is 42.9 Å². The Morgan fingerprint density at radius 1 is 1.22 bits per heavy atom. The second-order valence-electron chi connectivity index (χ2n) is 5.32. The Labute approximate surface area is 109 Å². The van der Waals surface area contributed by atoms with Crippen molar-refractivity contribution in [1.82, 2.24) is 5.32 Å². The molecule has 1 unspecified atom stereocenters. The molecule has 0 fully saturated rings. The molecule has 2 aliphatic rings. The van der Waals surface area contributed by atoms with Crippen LogP contribution in [0.4, 0.5) is 0 Å². The van der Waals surface area contributed by atoms with E-state index in [2.05, 4.69) is 35.7 Å². The van der Waals surface area contributed by atoms with Gasteiger partial charge in [0.25, 0.3) is 0 Å². The second kappa shape index (κ2) is 5.15. The summed E-state index contributed by atoms with van der Waals surface area (Å²) >= 11 is 0. The fourth-order valence-electron chi connectivity index (χ4n) is 3.12. The quantitative estimate of drug-likeness (QED) is 0.822. The molecule has 1 aromatic carbocycles. The first kappa shape index (κ1) is 11.8. The van der Waals surface area contributed by atoms with Gasteiger partial charge in [-0.2, -0.15) is 0 Å². The van der Waals surface area contributed by atoms with E-state index in [1.807, 2.05) is 0 Å². The molecule has 2 nitrogen and oxygen atoms in total. The third kappa shape index (κ3) is 2.30. The monoisotopic (exact) mass is 243 g/mol. The smallest absolute Gasteiger partial charge is 0.119 e. The summed E-state index contributed by atoms with van der Waals surface area (Å²) in [4.78, 5) is 0. The van der Waals surface area contributed by atoms with E-state index in [4.69, 9.17) is 4.74 Å². The standard InChI is InChI=1S/C16H21NO/c1-18-14-10-9-12-5-4-8-16(15(12)11-14)17-13-6-2-3-7-13/h2-3,9-11,13,16-17H,4-8H2,1H3. The highest BCUT2D eigenvalue weighted by molar-refractivity contribution is 5.39. The normalized spacial score (nSPS) is 23.1. The van der Waals surface area contributed by atoms with Crippen molar-refractivity contribution in [3.05, 3.63) is 41.5 Å². The number of methoxy groups -OCH3 is 1. The van der Waals surface area contributed by atoms with Crippen LogP contribution in [0.25, 0.3) is 0 Å². The molecule has 1 aromatic rings. The Balaban J connectivity index is 1.80. The highest BCUT2D eigenvalue weighted by Gasteiger charge is 2.23. The number of fused-ring (bicyclic) bond motifs is 1. The van der Waals surface area contributed by atoms with Gasteiger partial charge in [0.1, 0.15) is 5.75 Å². The molecule has 96 valence electrons. The van der Waals surface area contributed by atoms with Gasteiger partial charge in [0.15, 0.2) is 0 Å². The lowest BCUT2D eigenvalue weighted by Crippen LogP contribution is -2.33. The first-order valence-corrected chi connectivity index (χ1v) is 6.94. The van der Waals surface area contributed by atoms with Gasteiger partial charge in [0.05, 0.1) is 7.11 Å². The summed E-state index contributed by atoms with van der Waals surface area (Å²) in [6, 6.07) is 7.67. The summed E-state index contributed by atoms with van der Waals surface area (Å²) in [6.45, 7) is 0. The minimum absolute atomic E-state index is 0.508. The molecular weight excluding hydrogens is 222 g/mol. The molecule has 0 bridgehead atoms. The zero-order valence-corrected chi connectivity index (χ0v) is 11.0. The van der Waals surface area contributed by atoms with Crippen molar-refractivity contribution in [3.8, 4) is 5.75 Å². The van der Waals surface area contributed by atoms with E-state index in [0.717, 1.165) is 5.75 Å². The molecule has 1 atom stereocenters. The van der Waals surface area contributed by atoms with Gasteiger partial charge in [-0.15, -0.1) is 0 Å². The first-order valence-electron chi connectivity index (χ1n) is 6.94. The van der Waals surface area contributed by atoms with E-state index in [1.54, 1.807) is 7.11 Å². The van der Waals surface area contributed by atoms with E-state index in [9.17, 15) is 0 Å². The zero-order chi connectivity index (χ0) is 12.4. The summed E-state index contributed by atoms with van der Waals surface area (Å²) in [5, 5.41) is 3.81. The maximum atomic E-state index is 5.36. The average molecular weight is 243 g/mol. The van der Waals surface area contributed by atoms with Crippen LogP contribution in [0.3, 0.4) is 0 Å². The van der Waals surface area contributed by atoms with Crippen LogP contribution in [-0.2, 0) is 6.42 Å². The SMILES string of the molecule is COc1ccc2c(c1)C(NC1CC=CC1)CCC2. The molecule has 0 aromatic heterocycles. The minimum atomic E-state index is 0.508. The first-order chi connectivity index (χ1) is 8.86. The van der Waals surface area contributed by atoms with Crippen molar-refractivity contribution >= 4 is 0 Å². The lowest BCUT2D eigenvalue weighted by molar-refractivity contribution is 0.392. The number of hydrogen-bond donors (Lipinski definition) is 1. The Bertz CT molecular complexity index is 444. The molecule has 2 heteroatoms. The zero-order valence-electron chi connectivity index (χ0n) is 11.0. The molecule has 0 spiro atoms. The van der Waals surface area contributed by atoms with Gasteiger partial charge in [0, 0.05) is 12.1 Å². The van der Waals surface area contributed by atoms with Crippen molar-refractivity contribution in [3.63, 3.8) is 0 Å². The number of nitrogens with one attached hydrogen (secondary N) is 1. The predicted molar refractivity (Wildman–Crippen MR) is 74.0 cm³/mol. The van der Waals surface area contributed by atoms with Crippen molar-refractivity contribution in [2.75, 3.05) is 7.11 Å². The molecule has 3 rings (SSSR count). The second-order valence-corrected chi connectivity index (χ2v) is 5.32. The molecule has 1 N–H and O–H groups in total. The lowest BCUT2D eigenvalue weighted by atomic mass is 9.87. The number of benzene rings is 1. The summed E-state index contributed by atoms with van der Waals surface area (Å²) in [5.41, 5.74) is 2.94. The van der Waals surface area contributed by atoms with Crippen molar-refractivity contribution < 1.29 is 4.74 Å². The van der Waals surface area contributed by atoms with Crippen LogP contribution in [-0.4, -0.2) is 13.2 Å². The summed E-state index contributed by atoms with van der Waals surface area (Å²) in [7, 11) is 1.74. The topological polar surface area (TPSA) is 21.3 Å². The van der Waals surface area contributed by atoms with Crippen LogP contribution in [0.5, 0.6) is 5.75 Å². The van der Waals surface area contributed by atoms with E-state index in [1.165, 1.54) is 43.2 Å². The molecule has 0 radical (unpaired) electrons. The largest absolute Gasteiger partial charge is 0.497 e.